The van der Waals surface area contributed by atoms with Gasteiger partial charge in [0.25, 0.3) is 0 Å². The molecule has 1 N–H and O–H groups in total. The van der Waals surface area contributed by atoms with Crippen LogP contribution in [-0.2, 0) is 0 Å². The van der Waals surface area contributed by atoms with E-state index in [0.29, 0.717) is 5.56 Å². The standard InChI is InChI=1S/C20H19NO3/c1-13-11-18(20(22)23)14(2)21(13)19-10-5-4-9-17(19)15-7-6-8-16(12-15)24-3/h4-12H,1-3H3,(H,22,23). The van der Waals surface area contributed by atoms with Crippen LogP contribution >= 0.6 is 0 Å². The Morgan fingerprint density at radius 3 is 2.46 bits per heavy atom. The molecule has 0 spiro atoms. The Kier molecular flexibility index (Phi) is 4.13. The summed E-state index contributed by atoms with van der Waals surface area (Å²) in [7, 11) is 1.64. The highest BCUT2D eigenvalue weighted by atomic mass is 16.5. The third kappa shape index (κ3) is 2.67. The Morgan fingerprint density at radius 2 is 1.79 bits per heavy atom. The van der Waals surface area contributed by atoms with E-state index >= 15 is 0 Å². The zero-order valence-electron chi connectivity index (χ0n) is 13.9. The highest BCUT2D eigenvalue weighted by molar-refractivity contribution is 5.90. The molecule has 2 aromatic carbocycles. The fraction of sp³-hybridized carbons (Fsp3) is 0.150. The molecule has 3 rings (SSSR count). The van der Waals surface area contributed by atoms with Crippen LogP contribution in [0.2, 0.25) is 0 Å². The normalized spacial score (nSPS) is 10.6. The summed E-state index contributed by atoms with van der Waals surface area (Å²) in [4.78, 5) is 11.4. The van der Waals surface area contributed by atoms with Crippen molar-refractivity contribution in [1.29, 1.82) is 0 Å². The van der Waals surface area contributed by atoms with Crippen LogP contribution in [-0.4, -0.2) is 22.8 Å². The van der Waals surface area contributed by atoms with Crippen molar-refractivity contribution in [2.24, 2.45) is 0 Å². The molecule has 24 heavy (non-hydrogen) atoms. The van der Waals surface area contributed by atoms with Crippen molar-refractivity contribution in [3.63, 3.8) is 0 Å². The first-order valence-electron chi connectivity index (χ1n) is 7.69. The van der Waals surface area contributed by atoms with E-state index in [4.69, 9.17) is 4.74 Å². The van der Waals surface area contributed by atoms with Crippen LogP contribution in [0.1, 0.15) is 21.7 Å². The highest BCUT2D eigenvalue weighted by Crippen LogP contribution is 2.32. The molecule has 0 radical (unpaired) electrons. The van der Waals surface area contributed by atoms with E-state index in [9.17, 15) is 9.90 Å². The number of para-hydroxylation sites is 1. The van der Waals surface area contributed by atoms with E-state index in [-0.39, 0.29) is 0 Å². The van der Waals surface area contributed by atoms with Crippen molar-refractivity contribution in [2.75, 3.05) is 7.11 Å². The number of hydrogen-bond acceptors (Lipinski definition) is 2. The molecule has 0 aliphatic rings. The second-order valence-electron chi connectivity index (χ2n) is 5.67. The van der Waals surface area contributed by atoms with Gasteiger partial charge in [-0.25, -0.2) is 4.79 Å². The molecule has 0 bridgehead atoms. The Labute approximate surface area is 140 Å². The van der Waals surface area contributed by atoms with E-state index in [0.717, 1.165) is 34.0 Å². The number of benzene rings is 2. The molecule has 4 heteroatoms. The molecular formula is C20H19NO3. The van der Waals surface area contributed by atoms with Gasteiger partial charge in [-0.3, -0.25) is 0 Å². The number of methoxy groups -OCH3 is 1. The van der Waals surface area contributed by atoms with Crippen LogP contribution in [0.15, 0.2) is 54.6 Å². The third-order valence-corrected chi connectivity index (χ3v) is 4.19. The molecule has 0 unspecified atom stereocenters. The number of rotatable bonds is 4. The molecule has 4 nitrogen and oxygen atoms in total. The van der Waals surface area contributed by atoms with Gasteiger partial charge in [0.05, 0.1) is 18.4 Å². The average molecular weight is 321 g/mol. The van der Waals surface area contributed by atoms with Gasteiger partial charge in [0, 0.05) is 17.0 Å². The summed E-state index contributed by atoms with van der Waals surface area (Å²) in [5, 5.41) is 9.38. The summed E-state index contributed by atoms with van der Waals surface area (Å²) < 4.78 is 7.30. The lowest BCUT2D eigenvalue weighted by Gasteiger charge is -2.15. The van der Waals surface area contributed by atoms with Gasteiger partial charge >= 0.3 is 5.97 Å². The summed E-state index contributed by atoms with van der Waals surface area (Å²) in [6.45, 7) is 3.75. The summed E-state index contributed by atoms with van der Waals surface area (Å²) in [5.74, 6) is -0.123. The van der Waals surface area contributed by atoms with E-state index in [1.165, 1.54) is 0 Å². The summed E-state index contributed by atoms with van der Waals surface area (Å²) in [6, 6.07) is 17.5. The predicted octanol–water partition coefficient (Wildman–Crippen LogP) is 4.47. The molecule has 0 saturated heterocycles. The minimum atomic E-state index is -0.909. The maximum Gasteiger partial charge on any atom is 0.337 e. The quantitative estimate of drug-likeness (QED) is 0.771. The van der Waals surface area contributed by atoms with Gasteiger partial charge in [0.15, 0.2) is 0 Å². The second-order valence-corrected chi connectivity index (χ2v) is 5.67. The smallest absolute Gasteiger partial charge is 0.337 e. The monoisotopic (exact) mass is 321 g/mol. The van der Waals surface area contributed by atoms with Crippen LogP contribution in [0.4, 0.5) is 0 Å². The zero-order valence-corrected chi connectivity index (χ0v) is 13.9. The lowest BCUT2D eigenvalue weighted by atomic mass is 10.0. The number of carboxylic acids is 1. The molecule has 1 heterocycles. The largest absolute Gasteiger partial charge is 0.497 e. The van der Waals surface area contributed by atoms with E-state index in [1.54, 1.807) is 13.2 Å². The number of carboxylic acid groups (broad SMARTS) is 1. The number of aromatic carboxylic acids is 1. The molecule has 0 aliphatic carbocycles. The minimum Gasteiger partial charge on any atom is -0.497 e. The molecule has 122 valence electrons. The second kappa shape index (κ2) is 6.24. The van der Waals surface area contributed by atoms with Gasteiger partial charge in [-0.05, 0) is 43.7 Å². The summed E-state index contributed by atoms with van der Waals surface area (Å²) >= 11 is 0. The van der Waals surface area contributed by atoms with Crippen molar-refractivity contribution < 1.29 is 14.6 Å². The van der Waals surface area contributed by atoms with Gasteiger partial charge in [0.2, 0.25) is 0 Å². The third-order valence-electron chi connectivity index (χ3n) is 4.19. The molecule has 3 aromatic rings. The number of aromatic nitrogens is 1. The molecule has 0 fully saturated rings. The predicted molar refractivity (Wildman–Crippen MR) is 94.2 cm³/mol. The number of hydrogen-bond donors (Lipinski definition) is 1. The molecule has 0 aliphatic heterocycles. The fourth-order valence-corrected chi connectivity index (χ4v) is 3.05. The molecule has 0 atom stereocenters. The first-order valence-corrected chi connectivity index (χ1v) is 7.69. The van der Waals surface area contributed by atoms with Crippen molar-refractivity contribution in [3.8, 4) is 22.6 Å². The Morgan fingerprint density at radius 1 is 1.04 bits per heavy atom. The average Bonchev–Trinajstić information content (AvgIpc) is 2.89. The van der Waals surface area contributed by atoms with Gasteiger partial charge in [-0.15, -0.1) is 0 Å². The van der Waals surface area contributed by atoms with E-state index in [1.807, 2.05) is 66.9 Å². The van der Waals surface area contributed by atoms with Crippen LogP contribution < -0.4 is 4.74 Å². The van der Waals surface area contributed by atoms with Crippen molar-refractivity contribution in [3.05, 3.63) is 71.5 Å². The first kappa shape index (κ1) is 15.9. The van der Waals surface area contributed by atoms with E-state index < -0.39 is 5.97 Å². The maximum absolute atomic E-state index is 11.4. The van der Waals surface area contributed by atoms with Crippen molar-refractivity contribution in [2.45, 2.75) is 13.8 Å². The Balaban J connectivity index is 2.23. The van der Waals surface area contributed by atoms with Crippen molar-refractivity contribution >= 4 is 5.97 Å². The highest BCUT2D eigenvalue weighted by Gasteiger charge is 2.17. The molecule has 1 aromatic heterocycles. The number of aryl methyl sites for hydroxylation is 1. The maximum atomic E-state index is 11.4. The summed E-state index contributed by atoms with van der Waals surface area (Å²) in [6.07, 6.45) is 0. The Bertz CT molecular complexity index is 909. The molecule has 0 amide bonds. The molecular weight excluding hydrogens is 302 g/mol. The van der Waals surface area contributed by atoms with Gasteiger partial charge in [-0.1, -0.05) is 30.3 Å². The number of carbonyl (C=O) groups is 1. The topological polar surface area (TPSA) is 51.5 Å². The van der Waals surface area contributed by atoms with Crippen molar-refractivity contribution in [1.82, 2.24) is 4.57 Å². The van der Waals surface area contributed by atoms with Crippen LogP contribution in [0.5, 0.6) is 5.75 Å². The van der Waals surface area contributed by atoms with E-state index in [2.05, 4.69) is 0 Å². The SMILES string of the molecule is COc1cccc(-c2ccccc2-n2c(C)cc(C(=O)O)c2C)c1. The van der Waals surface area contributed by atoms with Gasteiger partial charge in [0.1, 0.15) is 5.75 Å². The fourth-order valence-electron chi connectivity index (χ4n) is 3.05. The Hall–Kier alpha value is -3.01. The minimum absolute atomic E-state index is 0.327. The van der Waals surface area contributed by atoms with Crippen LogP contribution in [0.25, 0.3) is 16.8 Å². The number of ether oxygens (including phenoxy) is 1. The van der Waals surface area contributed by atoms with Gasteiger partial charge < -0.3 is 14.4 Å². The first-order chi connectivity index (χ1) is 11.5. The lowest BCUT2D eigenvalue weighted by Crippen LogP contribution is -2.04. The van der Waals surface area contributed by atoms with Crippen LogP contribution in [0, 0.1) is 13.8 Å². The lowest BCUT2D eigenvalue weighted by molar-refractivity contribution is 0.0696. The zero-order chi connectivity index (χ0) is 17.3. The number of nitrogens with zero attached hydrogens (tertiary/aromatic N) is 1. The van der Waals surface area contributed by atoms with Gasteiger partial charge in [-0.2, -0.15) is 0 Å². The molecule has 0 saturated carbocycles. The van der Waals surface area contributed by atoms with Crippen LogP contribution in [0.3, 0.4) is 0 Å². The summed E-state index contributed by atoms with van der Waals surface area (Å²) in [5.41, 5.74) is 4.93.